The van der Waals surface area contributed by atoms with Crippen molar-refractivity contribution in [3.05, 3.63) is 64.5 Å². The average molecular weight is 368 g/mol. The van der Waals surface area contributed by atoms with E-state index in [9.17, 15) is 9.59 Å². The molecule has 0 saturated heterocycles. The number of hydrogen-bond acceptors (Lipinski definition) is 5. The molecule has 0 radical (unpaired) electrons. The molecule has 3 aromatic rings. The summed E-state index contributed by atoms with van der Waals surface area (Å²) < 4.78 is 5.10. The second kappa shape index (κ2) is 8.58. The van der Waals surface area contributed by atoms with Crippen molar-refractivity contribution in [2.75, 3.05) is 13.7 Å². The van der Waals surface area contributed by atoms with Crippen LogP contribution in [0.5, 0.6) is 0 Å². The molecule has 5 nitrogen and oxygen atoms in total. The highest BCUT2D eigenvalue weighted by molar-refractivity contribution is 7.09. The quantitative estimate of drug-likeness (QED) is 0.600. The summed E-state index contributed by atoms with van der Waals surface area (Å²) in [4.78, 5) is 31.1. The molecule has 0 bridgehead atoms. The molecule has 0 spiro atoms. The van der Waals surface area contributed by atoms with Gasteiger partial charge in [-0.2, -0.15) is 0 Å². The van der Waals surface area contributed by atoms with Gasteiger partial charge in [0.15, 0.2) is 6.61 Å². The molecular formula is C20H20N2O3S. The van der Waals surface area contributed by atoms with Gasteiger partial charge in [0.25, 0.3) is 5.91 Å². The van der Waals surface area contributed by atoms with E-state index in [2.05, 4.69) is 4.98 Å². The number of rotatable bonds is 7. The number of carbonyl (C=O) groups excluding carboxylic acids is 2. The molecule has 0 saturated carbocycles. The van der Waals surface area contributed by atoms with Crippen molar-refractivity contribution < 1.29 is 14.3 Å². The largest absolute Gasteiger partial charge is 0.456 e. The molecule has 1 amide bonds. The minimum absolute atomic E-state index is 0.202. The summed E-state index contributed by atoms with van der Waals surface area (Å²) in [5.74, 6) is -0.603. The summed E-state index contributed by atoms with van der Waals surface area (Å²) >= 11 is 1.59. The van der Waals surface area contributed by atoms with Gasteiger partial charge in [0.1, 0.15) is 0 Å². The number of thiophene rings is 1. The lowest BCUT2D eigenvalue weighted by atomic mass is 10.1. The standard InChI is InChI=1S/C20H20N2O3S/c1-22(13-17-6-4-12-26-17)19(23)14-25-20(24)11-10-16-9-8-15-5-2-3-7-18(15)21-16/h2-9,12H,10-11,13-14H2,1H3. The summed E-state index contributed by atoms with van der Waals surface area (Å²) in [6.45, 7) is 0.293. The Balaban J connectivity index is 1.43. The van der Waals surface area contributed by atoms with Gasteiger partial charge in [0.2, 0.25) is 0 Å². The van der Waals surface area contributed by atoms with Crippen LogP contribution in [-0.2, 0) is 27.3 Å². The van der Waals surface area contributed by atoms with Crippen molar-refractivity contribution in [1.29, 1.82) is 0 Å². The molecule has 6 heteroatoms. The number of esters is 1. The summed E-state index contributed by atoms with van der Waals surface area (Å²) in [6.07, 6.45) is 0.691. The number of fused-ring (bicyclic) bond motifs is 1. The summed E-state index contributed by atoms with van der Waals surface area (Å²) in [5, 5.41) is 3.03. The van der Waals surface area contributed by atoms with E-state index >= 15 is 0 Å². The lowest BCUT2D eigenvalue weighted by Crippen LogP contribution is -2.30. The number of nitrogens with zero attached hydrogens (tertiary/aromatic N) is 2. The maximum atomic E-state index is 12.0. The van der Waals surface area contributed by atoms with E-state index in [-0.39, 0.29) is 18.9 Å². The first-order valence-corrected chi connectivity index (χ1v) is 9.26. The van der Waals surface area contributed by atoms with Crippen LogP contribution in [0.3, 0.4) is 0 Å². The van der Waals surface area contributed by atoms with Crippen molar-refractivity contribution in [1.82, 2.24) is 9.88 Å². The van der Waals surface area contributed by atoms with E-state index in [4.69, 9.17) is 4.74 Å². The van der Waals surface area contributed by atoms with Crippen LogP contribution >= 0.6 is 11.3 Å². The van der Waals surface area contributed by atoms with E-state index < -0.39 is 5.97 Å². The number of hydrogen-bond donors (Lipinski definition) is 0. The number of amides is 1. The van der Waals surface area contributed by atoms with Gasteiger partial charge in [-0.15, -0.1) is 11.3 Å². The molecule has 0 aliphatic carbocycles. The Labute approximate surface area is 156 Å². The Morgan fingerprint density at radius 3 is 2.77 bits per heavy atom. The molecule has 0 aliphatic heterocycles. The third-order valence-electron chi connectivity index (χ3n) is 4.00. The van der Waals surface area contributed by atoms with Gasteiger partial charge >= 0.3 is 5.97 Å². The molecule has 0 N–H and O–H groups in total. The van der Waals surface area contributed by atoms with Crippen LogP contribution in [-0.4, -0.2) is 35.4 Å². The molecule has 3 rings (SSSR count). The van der Waals surface area contributed by atoms with Gasteiger partial charge in [0.05, 0.1) is 18.5 Å². The lowest BCUT2D eigenvalue weighted by Gasteiger charge is -2.16. The third kappa shape index (κ3) is 4.89. The fourth-order valence-electron chi connectivity index (χ4n) is 2.53. The van der Waals surface area contributed by atoms with Crippen molar-refractivity contribution in [2.45, 2.75) is 19.4 Å². The minimum atomic E-state index is -0.391. The molecule has 134 valence electrons. The first kappa shape index (κ1) is 18.1. The van der Waals surface area contributed by atoms with Crippen LogP contribution in [0.25, 0.3) is 10.9 Å². The number of para-hydroxylation sites is 1. The molecule has 26 heavy (non-hydrogen) atoms. The molecular weight excluding hydrogens is 348 g/mol. The third-order valence-corrected chi connectivity index (χ3v) is 4.86. The maximum absolute atomic E-state index is 12.0. The van der Waals surface area contributed by atoms with Crippen molar-refractivity contribution in [3.63, 3.8) is 0 Å². The monoisotopic (exact) mass is 368 g/mol. The van der Waals surface area contributed by atoms with Gasteiger partial charge in [-0.3, -0.25) is 14.6 Å². The summed E-state index contributed by atoms with van der Waals surface area (Å²) in [5.41, 5.74) is 1.74. The second-order valence-corrected chi connectivity index (χ2v) is 7.02. The molecule has 0 atom stereocenters. The van der Waals surface area contributed by atoms with Crippen molar-refractivity contribution >= 4 is 34.1 Å². The molecule has 0 aliphatic rings. The molecule has 0 unspecified atom stereocenters. The topological polar surface area (TPSA) is 59.5 Å². The van der Waals surface area contributed by atoms with E-state index in [0.29, 0.717) is 13.0 Å². The first-order valence-electron chi connectivity index (χ1n) is 8.38. The normalized spacial score (nSPS) is 10.7. The van der Waals surface area contributed by atoms with Crippen molar-refractivity contribution in [2.24, 2.45) is 0 Å². The van der Waals surface area contributed by atoms with E-state index in [1.165, 1.54) is 0 Å². The van der Waals surface area contributed by atoms with Gasteiger partial charge in [-0.05, 0) is 23.6 Å². The number of aromatic nitrogens is 1. The minimum Gasteiger partial charge on any atom is -0.456 e. The van der Waals surface area contributed by atoms with Gasteiger partial charge in [-0.1, -0.05) is 30.3 Å². The lowest BCUT2D eigenvalue weighted by molar-refractivity contribution is -0.151. The SMILES string of the molecule is CN(Cc1cccs1)C(=O)COC(=O)CCc1ccc2ccccc2n1. The predicted molar refractivity (Wildman–Crippen MR) is 102 cm³/mol. The zero-order chi connectivity index (χ0) is 18.4. The molecule has 2 aromatic heterocycles. The van der Waals surface area contributed by atoms with Gasteiger partial charge < -0.3 is 9.64 Å². The molecule has 0 fully saturated rings. The smallest absolute Gasteiger partial charge is 0.306 e. The average Bonchev–Trinajstić information content (AvgIpc) is 3.17. The number of pyridine rings is 1. The maximum Gasteiger partial charge on any atom is 0.306 e. The first-order chi connectivity index (χ1) is 12.6. The highest BCUT2D eigenvalue weighted by Gasteiger charge is 2.13. The van der Waals surface area contributed by atoms with Crippen LogP contribution in [0, 0.1) is 0 Å². The van der Waals surface area contributed by atoms with Gasteiger partial charge in [-0.25, -0.2) is 0 Å². The highest BCUT2D eigenvalue weighted by Crippen LogP contribution is 2.13. The number of benzene rings is 1. The van der Waals surface area contributed by atoms with Gasteiger partial charge in [0, 0.05) is 29.4 Å². The fourth-order valence-corrected chi connectivity index (χ4v) is 3.28. The Hall–Kier alpha value is -2.73. The Bertz CT molecular complexity index is 893. The van der Waals surface area contributed by atoms with Crippen LogP contribution in [0.2, 0.25) is 0 Å². The number of likely N-dealkylation sites (N-methyl/N-ethyl adjacent to an activating group) is 1. The Kier molecular flexibility index (Phi) is 5.96. The molecule has 2 heterocycles. The van der Waals surface area contributed by atoms with Crippen LogP contribution in [0.4, 0.5) is 0 Å². The molecule has 1 aromatic carbocycles. The van der Waals surface area contributed by atoms with E-state index in [0.717, 1.165) is 21.5 Å². The Morgan fingerprint density at radius 2 is 1.96 bits per heavy atom. The zero-order valence-corrected chi connectivity index (χ0v) is 15.4. The number of aryl methyl sites for hydroxylation is 1. The number of carbonyl (C=O) groups is 2. The highest BCUT2D eigenvalue weighted by atomic mass is 32.1. The fraction of sp³-hybridized carbons (Fsp3) is 0.250. The van der Waals surface area contributed by atoms with E-state index in [1.807, 2.05) is 53.9 Å². The number of ether oxygens (including phenoxy) is 1. The Morgan fingerprint density at radius 1 is 1.12 bits per heavy atom. The predicted octanol–water partition coefficient (Wildman–Crippen LogP) is 3.43. The second-order valence-electron chi connectivity index (χ2n) is 5.99. The zero-order valence-electron chi connectivity index (χ0n) is 14.6. The summed E-state index contributed by atoms with van der Waals surface area (Å²) in [6, 6.07) is 15.7. The van der Waals surface area contributed by atoms with E-state index in [1.54, 1.807) is 23.3 Å². The summed E-state index contributed by atoms with van der Waals surface area (Å²) in [7, 11) is 1.70. The van der Waals surface area contributed by atoms with Crippen molar-refractivity contribution in [3.8, 4) is 0 Å². The van der Waals surface area contributed by atoms with Crippen LogP contribution in [0.1, 0.15) is 17.0 Å². The van der Waals surface area contributed by atoms with Crippen LogP contribution in [0.15, 0.2) is 53.9 Å². The van der Waals surface area contributed by atoms with Crippen LogP contribution < -0.4 is 0 Å².